The molecule has 60 valence electrons. The second-order valence-electron chi connectivity index (χ2n) is 2.00. The largest absolute Gasteiger partial charge is 0.463 e. The van der Waals surface area contributed by atoms with Crippen molar-refractivity contribution in [1.29, 1.82) is 0 Å². The van der Waals surface area contributed by atoms with E-state index in [4.69, 9.17) is 0 Å². The van der Waals surface area contributed by atoms with E-state index < -0.39 is 18.0 Å². The van der Waals surface area contributed by atoms with Gasteiger partial charge in [0.2, 0.25) is 12.4 Å². The first-order valence-corrected chi connectivity index (χ1v) is 3.06. The zero-order valence-corrected chi connectivity index (χ0v) is 5.61. The highest BCUT2D eigenvalue weighted by Gasteiger charge is 2.29. The van der Waals surface area contributed by atoms with Gasteiger partial charge in [-0.2, -0.15) is 0 Å². The molecular formula is C6H6O5. The van der Waals surface area contributed by atoms with Gasteiger partial charge < -0.3 is 9.47 Å². The van der Waals surface area contributed by atoms with Crippen molar-refractivity contribution >= 4 is 18.2 Å². The topological polar surface area (TPSA) is 69.7 Å². The highest BCUT2D eigenvalue weighted by Crippen LogP contribution is 2.09. The minimum absolute atomic E-state index is 0.0194. The Morgan fingerprint density at radius 1 is 1.73 bits per heavy atom. The average Bonchev–Trinajstić information content (AvgIpc) is 2.37. The van der Waals surface area contributed by atoms with Gasteiger partial charge in [0.1, 0.15) is 0 Å². The maximum absolute atomic E-state index is 10.6. The van der Waals surface area contributed by atoms with Crippen LogP contribution in [0.3, 0.4) is 0 Å². The molecule has 1 heterocycles. The molecule has 0 aromatic rings. The predicted molar refractivity (Wildman–Crippen MR) is 31.5 cm³/mol. The molecule has 1 aliphatic heterocycles. The van der Waals surface area contributed by atoms with E-state index in [2.05, 4.69) is 9.47 Å². The summed E-state index contributed by atoms with van der Waals surface area (Å²) < 4.78 is 8.87. The lowest BCUT2D eigenvalue weighted by Gasteiger charge is -2.02. The number of hydrogen-bond acceptors (Lipinski definition) is 5. The van der Waals surface area contributed by atoms with Crippen LogP contribution in [0, 0.1) is 0 Å². The Bertz CT molecular complexity index is 197. The SMILES string of the molecule is O=CC(=O)OC1CCOC1=O. The van der Waals surface area contributed by atoms with E-state index in [0.717, 1.165) is 0 Å². The number of hydrogen-bond donors (Lipinski definition) is 0. The van der Waals surface area contributed by atoms with Crippen molar-refractivity contribution in [2.75, 3.05) is 6.61 Å². The molecule has 0 aromatic carbocycles. The van der Waals surface area contributed by atoms with E-state index in [1.807, 2.05) is 0 Å². The van der Waals surface area contributed by atoms with E-state index in [0.29, 0.717) is 6.42 Å². The Morgan fingerprint density at radius 2 is 2.45 bits per heavy atom. The highest BCUT2D eigenvalue weighted by molar-refractivity contribution is 6.20. The Hall–Kier alpha value is -1.39. The summed E-state index contributed by atoms with van der Waals surface area (Å²) in [6, 6.07) is 0. The Morgan fingerprint density at radius 3 is 2.91 bits per heavy atom. The predicted octanol–water partition coefficient (Wildman–Crippen LogP) is -0.956. The van der Waals surface area contributed by atoms with Crippen LogP contribution >= 0.6 is 0 Å². The number of aldehydes is 1. The smallest absolute Gasteiger partial charge is 0.372 e. The molecule has 0 radical (unpaired) electrons. The molecule has 0 aromatic heterocycles. The van der Waals surface area contributed by atoms with Crippen molar-refractivity contribution in [3.8, 4) is 0 Å². The molecule has 0 bridgehead atoms. The van der Waals surface area contributed by atoms with Crippen LogP contribution in [-0.2, 0) is 23.9 Å². The Labute approximate surface area is 62.3 Å². The number of esters is 2. The lowest BCUT2D eigenvalue weighted by atomic mass is 10.3. The van der Waals surface area contributed by atoms with Gasteiger partial charge in [0.05, 0.1) is 6.61 Å². The first kappa shape index (κ1) is 7.71. The quantitative estimate of drug-likeness (QED) is 0.294. The third-order valence-corrected chi connectivity index (χ3v) is 1.24. The minimum Gasteiger partial charge on any atom is -0.463 e. The monoisotopic (exact) mass is 158 g/mol. The van der Waals surface area contributed by atoms with Crippen LogP contribution in [0.15, 0.2) is 0 Å². The number of carbonyl (C=O) groups is 3. The maximum Gasteiger partial charge on any atom is 0.372 e. The molecule has 0 aliphatic carbocycles. The van der Waals surface area contributed by atoms with Gasteiger partial charge in [0.25, 0.3) is 0 Å². The molecule has 1 rings (SSSR count). The Kier molecular flexibility index (Phi) is 2.20. The van der Waals surface area contributed by atoms with E-state index >= 15 is 0 Å². The molecule has 0 N–H and O–H groups in total. The lowest BCUT2D eigenvalue weighted by molar-refractivity contribution is -0.161. The molecule has 5 heteroatoms. The maximum atomic E-state index is 10.6. The Balaban J connectivity index is 2.42. The number of carbonyl (C=O) groups excluding carboxylic acids is 3. The molecule has 0 amide bonds. The van der Waals surface area contributed by atoms with Gasteiger partial charge in [0, 0.05) is 6.42 Å². The summed E-state index contributed by atoms with van der Waals surface area (Å²) in [4.78, 5) is 30.7. The average molecular weight is 158 g/mol. The summed E-state index contributed by atoms with van der Waals surface area (Å²) in [6.07, 6.45) is -0.531. The van der Waals surface area contributed by atoms with Crippen LogP contribution in [0.4, 0.5) is 0 Å². The van der Waals surface area contributed by atoms with Crippen LogP contribution in [0.5, 0.6) is 0 Å². The van der Waals surface area contributed by atoms with Crippen LogP contribution < -0.4 is 0 Å². The van der Waals surface area contributed by atoms with Crippen molar-refractivity contribution in [1.82, 2.24) is 0 Å². The van der Waals surface area contributed by atoms with E-state index in [1.165, 1.54) is 0 Å². The van der Waals surface area contributed by atoms with E-state index in [-0.39, 0.29) is 12.9 Å². The van der Waals surface area contributed by atoms with Crippen LogP contribution in [0.1, 0.15) is 6.42 Å². The fourth-order valence-electron chi connectivity index (χ4n) is 0.752. The fourth-order valence-corrected chi connectivity index (χ4v) is 0.752. The zero-order valence-electron chi connectivity index (χ0n) is 5.61. The molecule has 1 aliphatic rings. The van der Waals surface area contributed by atoms with Gasteiger partial charge in [-0.15, -0.1) is 0 Å². The van der Waals surface area contributed by atoms with Gasteiger partial charge in [0.15, 0.2) is 0 Å². The normalized spacial score (nSPS) is 22.5. The second kappa shape index (κ2) is 3.14. The van der Waals surface area contributed by atoms with Crippen molar-refractivity contribution in [3.63, 3.8) is 0 Å². The van der Waals surface area contributed by atoms with Gasteiger partial charge in [-0.05, 0) is 0 Å². The highest BCUT2D eigenvalue weighted by atomic mass is 16.6. The third-order valence-electron chi connectivity index (χ3n) is 1.24. The standard InChI is InChI=1S/C6H6O5/c7-3-5(8)11-4-1-2-10-6(4)9/h3-4H,1-2H2. The molecule has 1 fully saturated rings. The molecular weight excluding hydrogens is 152 g/mol. The zero-order chi connectivity index (χ0) is 8.27. The molecule has 1 atom stereocenters. The van der Waals surface area contributed by atoms with Gasteiger partial charge >= 0.3 is 11.9 Å². The molecule has 5 nitrogen and oxygen atoms in total. The first-order valence-electron chi connectivity index (χ1n) is 3.06. The number of cyclic esters (lactones) is 1. The van der Waals surface area contributed by atoms with E-state index in [9.17, 15) is 14.4 Å². The summed E-state index contributed by atoms with van der Waals surface area (Å²) in [5, 5.41) is 0. The third kappa shape index (κ3) is 1.76. The minimum atomic E-state index is -1.03. The molecule has 0 spiro atoms. The molecule has 0 saturated carbocycles. The summed E-state index contributed by atoms with van der Waals surface area (Å²) in [6.45, 7) is 0.246. The van der Waals surface area contributed by atoms with Crippen molar-refractivity contribution in [2.24, 2.45) is 0 Å². The van der Waals surface area contributed by atoms with Gasteiger partial charge in [-0.3, -0.25) is 4.79 Å². The molecule has 1 unspecified atom stereocenters. The van der Waals surface area contributed by atoms with Crippen LogP contribution in [0.25, 0.3) is 0 Å². The number of ether oxygens (including phenoxy) is 2. The molecule has 11 heavy (non-hydrogen) atoms. The van der Waals surface area contributed by atoms with Crippen molar-refractivity contribution in [2.45, 2.75) is 12.5 Å². The number of rotatable bonds is 2. The van der Waals surface area contributed by atoms with Crippen molar-refractivity contribution < 1.29 is 23.9 Å². The molecule has 1 saturated heterocycles. The van der Waals surface area contributed by atoms with Crippen LogP contribution in [-0.4, -0.2) is 30.9 Å². The fraction of sp³-hybridized carbons (Fsp3) is 0.500. The van der Waals surface area contributed by atoms with Crippen LogP contribution in [0.2, 0.25) is 0 Å². The summed E-state index contributed by atoms with van der Waals surface area (Å²) in [5.41, 5.74) is 0. The second-order valence-corrected chi connectivity index (χ2v) is 2.00. The van der Waals surface area contributed by atoms with Gasteiger partial charge in [-0.1, -0.05) is 0 Å². The summed E-state index contributed by atoms with van der Waals surface area (Å²) >= 11 is 0. The summed E-state index contributed by atoms with van der Waals surface area (Å²) in [7, 11) is 0. The summed E-state index contributed by atoms with van der Waals surface area (Å²) in [5.74, 6) is -1.62. The van der Waals surface area contributed by atoms with Gasteiger partial charge in [-0.25, -0.2) is 9.59 Å². The lowest BCUT2D eigenvalue weighted by Crippen LogP contribution is -2.22. The first-order chi connectivity index (χ1) is 5.24. The van der Waals surface area contributed by atoms with E-state index in [1.54, 1.807) is 0 Å². The van der Waals surface area contributed by atoms with Crippen molar-refractivity contribution in [3.05, 3.63) is 0 Å².